The summed E-state index contributed by atoms with van der Waals surface area (Å²) in [7, 11) is 2.09. The molecule has 0 aliphatic rings. The molecule has 0 spiro atoms. The summed E-state index contributed by atoms with van der Waals surface area (Å²) in [6.45, 7) is 3.47. The normalized spacial score (nSPS) is 11.2. The molecule has 1 aromatic heterocycles. The first-order valence-electron chi connectivity index (χ1n) is 10.4. The average molecular weight is 354 g/mol. The van der Waals surface area contributed by atoms with E-state index in [1.165, 1.54) is 102 Å². The number of rotatable bonds is 17. The van der Waals surface area contributed by atoms with Crippen molar-refractivity contribution in [3.8, 4) is 0 Å². The van der Waals surface area contributed by atoms with Crippen molar-refractivity contribution in [3.05, 3.63) is 18.7 Å². The van der Waals surface area contributed by atoms with Crippen molar-refractivity contribution in [3.63, 3.8) is 0 Å². The summed E-state index contributed by atoms with van der Waals surface area (Å²) in [4.78, 5) is 0. The summed E-state index contributed by atoms with van der Waals surface area (Å²) >= 11 is 2.18. The maximum Gasteiger partial charge on any atom is 0.243 e. The van der Waals surface area contributed by atoms with Crippen LogP contribution in [0.25, 0.3) is 0 Å². The highest BCUT2D eigenvalue weighted by Gasteiger charge is 1.99. The van der Waals surface area contributed by atoms with Crippen molar-refractivity contribution >= 4 is 11.8 Å². The van der Waals surface area contributed by atoms with Gasteiger partial charge in [-0.15, -0.1) is 0 Å². The van der Waals surface area contributed by atoms with E-state index in [9.17, 15) is 0 Å². The van der Waals surface area contributed by atoms with E-state index < -0.39 is 0 Å². The molecule has 2 nitrogen and oxygen atoms in total. The van der Waals surface area contributed by atoms with Crippen LogP contribution >= 0.6 is 11.8 Å². The molecule has 0 unspecified atom stereocenters. The summed E-state index contributed by atoms with van der Waals surface area (Å²) in [6.07, 6.45) is 24.9. The quantitative estimate of drug-likeness (QED) is 0.241. The summed E-state index contributed by atoms with van der Waals surface area (Å²) in [5, 5.41) is 0. The SMILES string of the molecule is CCCCCCCCCCSCCCCCCCn1cc[n+](C)c1. The van der Waals surface area contributed by atoms with Crippen LogP contribution in [0.2, 0.25) is 0 Å². The molecule has 1 rings (SSSR count). The number of thioether (sulfide) groups is 1. The Labute approximate surface area is 155 Å². The molecule has 0 radical (unpaired) electrons. The molecule has 0 saturated carbocycles. The number of hydrogen-bond acceptors (Lipinski definition) is 1. The van der Waals surface area contributed by atoms with Crippen LogP contribution < -0.4 is 4.57 Å². The fraction of sp³-hybridized carbons (Fsp3) is 0.857. The second-order valence-corrected chi connectivity index (χ2v) is 8.40. The largest absolute Gasteiger partial charge is 0.243 e. The highest BCUT2D eigenvalue weighted by atomic mass is 32.2. The number of nitrogens with zero attached hydrogens (tertiary/aromatic N) is 2. The minimum Gasteiger partial charge on any atom is -0.240 e. The van der Waals surface area contributed by atoms with Crippen LogP contribution in [0.1, 0.15) is 90.4 Å². The van der Waals surface area contributed by atoms with Crippen molar-refractivity contribution in [2.24, 2.45) is 7.05 Å². The van der Waals surface area contributed by atoms with Crippen LogP contribution in [0.4, 0.5) is 0 Å². The van der Waals surface area contributed by atoms with Crippen LogP contribution in [0.15, 0.2) is 18.7 Å². The van der Waals surface area contributed by atoms with Crippen LogP contribution in [0.3, 0.4) is 0 Å². The fourth-order valence-electron chi connectivity index (χ4n) is 3.10. The Bertz CT molecular complexity index is 376. The van der Waals surface area contributed by atoms with E-state index in [2.05, 4.69) is 53.6 Å². The number of aromatic nitrogens is 2. The van der Waals surface area contributed by atoms with E-state index in [4.69, 9.17) is 0 Å². The Hall–Kier alpha value is -0.440. The second-order valence-electron chi connectivity index (χ2n) is 7.17. The van der Waals surface area contributed by atoms with Gasteiger partial charge >= 0.3 is 0 Å². The van der Waals surface area contributed by atoms with Gasteiger partial charge in [-0.2, -0.15) is 11.8 Å². The predicted molar refractivity (Wildman–Crippen MR) is 109 cm³/mol. The third kappa shape index (κ3) is 12.9. The summed E-state index contributed by atoms with van der Waals surface area (Å²) in [5.74, 6) is 2.77. The average Bonchev–Trinajstić information content (AvgIpc) is 3.00. The minimum absolute atomic E-state index is 1.17. The number of imidazole rings is 1. The topological polar surface area (TPSA) is 8.81 Å². The lowest BCUT2D eigenvalue weighted by molar-refractivity contribution is -0.671. The van der Waals surface area contributed by atoms with Crippen LogP contribution in [-0.2, 0) is 13.6 Å². The predicted octanol–water partition coefficient (Wildman–Crippen LogP) is 6.14. The highest BCUT2D eigenvalue weighted by molar-refractivity contribution is 7.99. The van der Waals surface area contributed by atoms with Gasteiger partial charge in [0, 0.05) is 0 Å². The summed E-state index contributed by atoms with van der Waals surface area (Å²) in [5.41, 5.74) is 0. The minimum atomic E-state index is 1.17. The van der Waals surface area contributed by atoms with Crippen molar-refractivity contribution < 1.29 is 4.57 Å². The van der Waals surface area contributed by atoms with E-state index in [0.717, 1.165) is 0 Å². The van der Waals surface area contributed by atoms with Crippen molar-refractivity contribution in [1.29, 1.82) is 0 Å². The Kier molecular flexibility index (Phi) is 14.4. The lowest BCUT2D eigenvalue weighted by Gasteiger charge is -2.03. The highest BCUT2D eigenvalue weighted by Crippen LogP contribution is 2.13. The zero-order valence-corrected chi connectivity index (χ0v) is 17.2. The zero-order valence-electron chi connectivity index (χ0n) is 16.3. The standard InChI is InChI=1S/C21H41N2S/c1-3-4-5-6-7-8-11-14-19-24-20-15-12-9-10-13-16-23-18-17-22(2)21-23/h17-18,21H,3-16,19-20H2,1-2H3/q+1. The molecular formula is C21H41N2S+. The molecule has 140 valence electrons. The van der Waals surface area contributed by atoms with Gasteiger partial charge in [0.1, 0.15) is 12.4 Å². The van der Waals surface area contributed by atoms with Crippen molar-refractivity contribution in [2.45, 2.75) is 96.9 Å². The molecule has 0 aromatic carbocycles. The Morgan fingerprint density at radius 1 is 0.750 bits per heavy atom. The van der Waals surface area contributed by atoms with Crippen LogP contribution in [-0.4, -0.2) is 16.1 Å². The first kappa shape index (κ1) is 21.6. The maximum atomic E-state index is 2.29. The second kappa shape index (κ2) is 16.1. The fourth-order valence-corrected chi connectivity index (χ4v) is 4.12. The molecular weight excluding hydrogens is 312 g/mol. The summed E-state index contributed by atoms with van der Waals surface area (Å²) in [6, 6.07) is 0. The lowest BCUT2D eigenvalue weighted by atomic mass is 10.1. The molecule has 0 fully saturated rings. The van der Waals surface area contributed by atoms with Gasteiger partial charge in [-0.3, -0.25) is 0 Å². The summed E-state index contributed by atoms with van der Waals surface area (Å²) < 4.78 is 4.41. The third-order valence-electron chi connectivity index (χ3n) is 4.67. The van der Waals surface area contributed by atoms with Crippen LogP contribution in [0.5, 0.6) is 0 Å². The van der Waals surface area contributed by atoms with Gasteiger partial charge in [0.05, 0.1) is 13.6 Å². The van der Waals surface area contributed by atoms with E-state index in [-0.39, 0.29) is 0 Å². The maximum absolute atomic E-state index is 2.29. The van der Waals surface area contributed by atoms with Gasteiger partial charge in [-0.25, -0.2) is 9.13 Å². The van der Waals surface area contributed by atoms with Crippen molar-refractivity contribution in [2.75, 3.05) is 11.5 Å². The molecule has 0 bridgehead atoms. The number of aryl methyl sites for hydroxylation is 2. The van der Waals surface area contributed by atoms with Crippen LogP contribution in [0, 0.1) is 0 Å². The van der Waals surface area contributed by atoms with E-state index in [1.807, 2.05) is 0 Å². The van der Waals surface area contributed by atoms with Crippen molar-refractivity contribution in [1.82, 2.24) is 4.57 Å². The van der Waals surface area contributed by atoms with Gasteiger partial charge in [0.25, 0.3) is 0 Å². The molecule has 0 saturated heterocycles. The van der Waals surface area contributed by atoms with Gasteiger partial charge in [0.15, 0.2) is 0 Å². The monoisotopic (exact) mass is 353 g/mol. The van der Waals surface area contributed by atoms with Gasteiger partial charge < -0.3 is 0 Å². The molecule has 0 N–H and O–H groups in total. The molecule has 3 heteroatoms. The molecule has 0 aliphatic carbocycles. The first-order valence-corrected chi connectivity index (χ1v) is 11.6. The van der Waals surface area contributed by atoms with E-state index in [1.54, 1.807) is 0 Å². The first-order chi connectivity index (χ1) is 11.8. The molecule has 1 heterocycles. The Morgan fingerprint density at radius 3 is 1.83 bits per heavy atom. The number of unbranched alkanes of at least 4 members (excludes halogenated alkanes) is 11. The van der Waals surface area contributed by atoms with E-state index in [0.29, 0.717) is 0 Å². The van der Waals surface area contributed by atoms with Gasteiger partial charge in [-0.1, -0.05) is 64.7 Å². The molecule has 24 heavy (non-hydrogen) atoms. The Balaban J connectivity index is 1.70. The lowest BCUT2D eigenvalue weighted by Crippen LogP contribution is -2.23. The molecule has 0 amide bonds. The van der Waals surface area contributed by atoms with Gasteiger partial charge in [-0.05, 0) is 37.2 Å². The van der Waals surface area contributed by atoms with E-state index >= 15 is 0 Å². The molecule has 1 aromatic rings. The third-order valence-corrected chi connectivity index (χ3v) is 5.83. The smallest absolute Gasteiger partial charge is 0.240 e. The Morgan fingerprint density at radius 2 is 1.29 bits per heavy atom. The van der Waals surface area contributed by atoms with Gasteiger partial charge in [0.2, 0.25) is 6.33 Å². The zero-order chi connectivity index (χ0) is 17.3. The number of hydrogen-bond donors (Lipinski definition) is 0. The molecule has 0 aliphatic heterocycles. The molecule has 0 atom stereocenters.